The quantitative estimate of drug-likeness (QED) is 0.143. The number of aromatic nitrogens is 1. The largest absolute Gasteiger partial charge is 0.456 e. The van der Waals surface area contributed by atoms with Gasteiger partial charge < -0.3 is 23.1 Å². The molecule has 7 nitrogen and oxygen atoms in total. The lowest BCUT2D eigenvalue weighted by Crippen LogP contribution is -2.16. The predicted molar refractivity (Wildman–Crippen MR) is 253 cm³/mol. The van der Waals surface area contributed by atoms with Crippen LogP contribution in [-0.4, -0.2) is 11.2 Å². The van der Waals surface area contributed by atoms with Crippen LogP contribution in [0.3, 0.4) is 0 Å². The molecule has 0 bridgehead atoms. The molecule has 0 aliphatic rings. The second-order valence-electron chi connectivity index (χ2n) is 15.2. The fourth-order valence-electron chi connectivity index (χ4n) is 9.02. The maximum absolute atomic E-state index is 7.14. The molecule has 0 unspecified atom stereocenters. The molecule has 0 aliphatic carbocycles. The molecule has 7 heteroatoms. The standard InChI is InChI=1S/C54H40N4O3/c1-5-43(51-33(3)34(4)53(60-51)55-6-2)57(35-19-9-7-10-20-35)45-31-47-49(39-25-15-13-23-37(39)45)50-40-26-16-14-24-38(40)46(32-48(50)59-47)58(36-21-11-8-12-22-36)44-29-17-27-41-42-28-18-30-56-54(42)61-52(41)44/h5-32H,1-4H3/b43-5+,55-6?. The van der Waals surface area contributed by atoms with Gasteiger partial charge in [-0.2, -0.15) is 0 Å². The van der Waals surface area contributed by atoms with Crippen LogP contribution >= 0.6 is 0 Å². The number of fused-ring (bicyclic) bond motifs is 10. The van der Waals surface area contributed by atoms with Crippen molar-refractivity contribution in [3.05, 3.63) is 181 Å². The zero-order valence-electron chi connectivity index (χ0n) is 34.2. The topological polar surface area (TPSA) is 71.2 Å². The Labute approximate surface area is 352 Å². The van der Waals surface area contributed by atoms with Gasteiger partial charge in [0.25, 0.3) is 0 Å². The number of hydrogen-bond donors (Lipinski definition) is 0. The smallest absolute Gasteiger partial charge is 0.227 e. The zero-order chi connectivity index (χ0) is 41.2. The molecule has 0 spiro atoms. The van der Waals surface area contributed by atoms with Gasteiger partial charge in [0.15, 0.2) is 11.3 Å². The van der Waals surface area contributed by atoms with E-state index in [1.807, 2.05) is 25.1 Å². The Morgan fingerprint density at radius 2 is 1.13 bits per heavy atom. The number of benzene rings is 7. The van der Waals surface area contributed by atoms with E-state index in [1.165, 1.54) is 0 Å². The summed E-state index contributed by atoms with van der Waals surface area (Å²) in [5.74, 6) is 1.38. The van der Waals surface area contributed by atoms with E-state index < -0.39 is 0 Å². The molecule has 0 N–H and O–H groups in total. The molecule has 11 rings (SSSR count). The van der Waals surface area contributed by atoms with Crippen molar-refractivity contribution in [2.24, 2.45) is 4.99 Å². The van der Waals surface area contributed by atoms with Crippen molar-refractivity contribution in [2.75, 3.05) is 9.80 Å². The van der Waals surface area contributed by atoms with Crippen LogP contribution in [0.4, 0.5) is 34.3 Å². The van der Waals surface area contributed by atoms with Gasteiger partial charge in [0.05, 0.1) is 22.8 Å². The Morgan fingerprint density at radius 3 is 1.80 bits per heavy atom. The average molecular weight is 793 g/mol. The molecule has 294 valence electrons. The molecule has 0 atom stereocenters. The summed E-state index contributed by atoms with van der Waals surface area (Å²) < 4.78 is 20.3. The summed E-state index contributed by atoms with van der Waals surface area (Å²) in [5.41, 5.74) is 10.7. The lowest BCUT2D eigenvalue weighted by molar-refractivity contribution is 0.559. The van der Waals surface area contributed by atoms with Gasteiger partial charge in [-0.1, -0.05) is 103 Å². The highest BCUT2D eigenvalue weighted by atomic mass is 16.4. The van der Waals surface area contributed by atoms with Crippen molar-refractivity contribution >= 4 is 112 Å². The fraction of sp³-hybridized carbons (Fsp3) is 0.0741. The second kappa shape index (κ2) is 14.4. The van der Waals surface area contributed by atoms with E-state index >= 15 is 0 Å². The minimum Gasteiger partial charge on any atom is -0.456 e. The van der Waals surface area contributed by atoms with Gasteiger partial charge in [0.1, 0.15) is 11.2 Å². The van der Waals surface area contributed by atoms with Crippen LogP contribution in [0.25, 0.3) is 71.2 Å². The average Bonchev–Trinajstić information content (AvgIpc) is 3.97. The molecule has 4 aromatic heterocycles. The lowest BCUT2D eigenvalue weighted by Gasteiger charge is -2.28. The highest BCUT2D eigenvalue weighted by Gasteiger charge is 2.28. The number of nitrogens with zero attached hydrogens (tertiary/aromatic N) is 4. The van der Waals surface area contributed by atoms with Gasteiger partial charge in [-0.15, -0.1) is 0 Å². The van der Waals surface area contributed by atoms with Crippen molar-refractivity contribution in [3.8, 4) is 0 Å². The van der Waals surface area contributed by atoms with Crippen molar-refractivity contribution in [3.63, 3.8) is 0 Å². The summed E-state index contributed by atoms with van der Waals surface area (Å²) in [6.07, 6.45) is 5.66. The molecule has 11 aromatic rings. The van der Waals surface area contributed by atoms with Crippen molar-refractivity contribution in [1.82, 2.24) is 4.98 Å². The number of rotatable bonds is 8. The number of allylic oxidation sites excluding steroid dienone is 1. The summed E-state index contributed by atoms with van der Waals surface area (Å²) in [6, 6.07) is 52.9. The van der Waals surface area contributed by atoms with E-state index in [0.29, 0.717) is 11.6 Å². The highest BCUT2D eigenvalue weighted by molar-refractivity contribution is 6.30. The summed E-state index contributed by atoms with van der Waals surface area (Å²) in [7, 11) is 0. The van der Waals surface area contributed by atoms with Crippen LogP contribution in [-0.2, 0) is 0 Å². The highest BCUT2D eigenvalue weighted by Crippen LogP contribution is 2.50. The van der Waals surface area contributed by atoms with E-state index in [4.69, 9.17) is 13.3 Å². The zero-order valence-corrected chi connectivity index (χ0v) is 34.2. The van der Waals surface area contributed by atoms with Crippen molar-refractivity contribution in [1.29, 1.82) is 0 Å². The van der Waals surface area contributed by atoms with Gasteiger partial charge in [-0.25, -0.2) is 9.98 Å². The van der Waals surface area contributed by atoms with Crippen LogP contribution in [0, 0.1) is 13.8 Å². The monoisotopic (exact) mass is 792 g/mol. The molecule has 4 heterocycles. The lowest BCUT2D eigenvalue weighted by atomic mass is 9.96. The third kappa shape index (κ3) is 5.65. The van der Waals surface area contributed by atoms with Gasteiger partial charge >= 0.3 is 0 Å². The number of anilines is 5. The Balaban J connectivity index is 1.20. The van der Waals surface area contributed by atoms with Gasteiger partial charge in [-0.3, -0.25) is 0 Å². The molecule has 0 amide bonds. The Bertz CT molecular complexity index is 3540. The summed E-state index contributed by atoms with van der Waals surface area (Å²) in [6.45, 7) is 8.12. The normalized spacial score (nSPS) is 12.3. The SMILES string of the molecule is CC=Nc1oc(/C(=C\C)N(c2ccccc2)c2cc3oc4cc(N(c5ccccc5)c5cccc6c5oc5ncccc56)c5ccccc5c4c3c3ccccc23)c(C)c1C. The summed E-state index contributed by atoms with van der Waals surface area (Å²) >= 11 is 0. The molecule has 0 saturated carbocycles. The number of hydrogen-bond acceptors (Lipinski definition) is 7. The van der Waals surface area contributed by atoms with Gasteiger partial charge in [0, 0.05) is 79.4 Å². The number of pyridine rings is 1. The Hall–Kier alpha value is -7.90. The van der Waals surface area contributed by atoms with Crippen LogP contribution in [0.5, 0.6) is 0 Å². The molecular formula is C54H40N4O3. The first-order chi connectivity index (χ1) is 30.0. The van der Waals surface area contributed by atoms with Crippen LogP contribution in [0.2, 0.25) is 0 Å². The summed E-state index contributed by atoms with van der Waals surface area (Å²) in [5, 5.41) is 8.45. The van der Waals surface area contributed by atoms with Crippen molar-refractivity contribution in [2.45, 2.75) is 27.7 Å². The number of para-hydroxylation sites is 3. The van der Waals surface area contributed by atoms with E-state index in [9.17, 15) is 0 Å². The van der Waals surface area contributed by atoms with E-state index in [-0.39, 0.29) is 0 Å². The molecule has 61 heavy (non-hydrogen) atoms. The molecule has 0 fully saturated rings. The maximum Gasteiger partial charge on any atom is 0.227 e. The van der Waals surface area contributed by atoms with Gasteiger partial charge in [0.2, 0.25) is 11.6 Å². The van der Waals surface area contributed by atoms with Crippen LogP contribution < -0.4 is 9.80 Å². The van der Waals surface area contributed by atoms with E-state index in [1.54, 1.807) is 12.4 Å². The minimum absolute atomic E-state index is 0.608. The molecular weight excluding hydrogens is 753 g/mol. The third-order valence-electron chi connectivity index (χ3n) is 11.9. The van der Waals surface area contributed by atoms with E-state index in [0.717, 1.165) is 111 Å². The fourth-order valence-corrected chi connectivity index (χ4v) is 9.02. The Morgan fingerprint density at radius 1 is 0.541 bits per heavy atom. The first kappa shape index (κ1) is 36.2. The maximum atomic E-state index is 7.14. The van der Waals surface area contributed by atoms with E-state index in [2.05, 4.69) is 180 Å². The minimum atomic E-state index is 0.608. The second-order valence-corrected chi connectivity index (χ2v) is 15.2. The number of furan rings is 3. The molecule has 0 saturated heterocycles. The third-order valence-corrected chi connectivity index (χ3v) is 11.9. The van der Waals surface area contributed by atoms with Crippen molar-refractivity contribution < 1.29 is 13.3 Å². The first-order valence-electron chi connectivity index (χ1n) is 20.6. The predicted octanol–water partition coefficient (Wildman–Crippen LogP) is 15.8. The molecule has 7 aromatic carbocycles. The van der Waals surface area contributed by atoms with Crippen LogP contribution in [0.15, 0.2) is 182 Å². The van der Waals surface area contributed by atoms with Crippen LogP contribution in [0.1, 0.15) is 30.7 Å². The summed E-state index contributed by atoms with van der Waals surface area (Å²) in [4.78, 5) is 13.7. The molecule has 0 radical (unpaired) electrons. The Kier molecular flexibility index (Phi) is 8.56. The number of aliphatic imine (C=N–C) groups is 1. The first-order valence-corrected chi connectivity index (χ1v) is 20.6. The molecule has 0 aliphatic heterocycles. The van der Waals surface area contributed by atoms with Gasteiger partial charge in [-0.05, 0) is 80.9 Å².